The van der Waals surface area contributed by atoms with Crippen LogP contribution in [0.1, 0.15) is 58.1 Å². The molecular weight excluding hydrogens is 721 g/mol. The zero-order valence-corrected chi connectivity index (χ0v) is 31.1. The molecule has 6 atom stereocenters. The lowest BCUT2D eigenvalue weighted by Crippen LogP contribution is -2.55. The number of anilines is 1. The standard InChI is InChI=1S/C46H42N4O7/c51-26-12-10-13-30-21-22-36-35(29-30)46(45(55)49-36)38(43(53)48-25-23-33-18-9-11-24-47-33)40-44(54)57-41(32-16-5-2-6-17-32)39(31-14-3-1-4-15-31)50(40)42(46)34-19-7-8-20-37(34)56-28-27-52/h1-9,11,14-22,24,29,38-42,51-52H,12,23,25-28H2,(H,48,53)(H,49,55)/t38-,39-,40-,41+,42+,46-/m0/s1. The Bertz CT molecular complexity index is 2310. The second-order valence-corrected chi connectivity index (χ2v) is 14.2. The predicted molar refractivity (Wildman–Crippen MR) is 212 cm³/mol. The molecular formula is C46H42N4O7. The second kappa shape index (κ2) is 16.4. The number of esters is 1. The molecule has 3 aliphatic rings. The molecule has 0 unspecified atom stereocenters. The first-order valence-corrected chi connectivity index (χ1v) is 19.1. The number of pyridine rings is 1. The Morgan fingerprint density at radius 2 is 1.61 bits per heavy atom. The fraction of sp³-hybridized carbons (Fsp3) is 0.261. The third kappa shape index (κ3) is 6.82. The number of carbonyl (C=O) groups excluding carboxylic acids is 3. The molecule has 288 valence electrons. The minimum atomic E-state index is -1.74. The van der Waals surface area contributed by atoms with Crippen LogP contribution in [0.2, 0.25) is 0 Å². The van der Waals surface area contributed by atoms with Gasteiger partial charge in [0.2, 0.25) is 11.8 Å². The molecule has 4 heterocycles. The minimum Gasteiger partial charge on any atom is -0.491 e. The van der Waals surface area contributed by atoms with E-state index in [1.54, 1.807) is 30.5 Å². The van der Waals surface area contributed by atoms with Crippen molar-refractivity contribution < 1.29 is 34.1 Å². The monoisotopic (exact) mass is 762 g/mol. The van der Waals surface area contributed by atoms with Gasteiger partial charge in [0.1, 0.15) is 29.9 Å². The van der Waals surface area contributed by atoms with Crippen molar-refractivity contribution in [3.05, 3.63) is 161 Å². The van der Waals surface area contributed by atoms with Crippen LogP contribution in [0.5, 0.6) is 5.75 Å². The van der Waals surface area contributed by atoms with Gasteiger partial charge in [0.25, 0.3) is 0 Å². The zero-order valence-electron chi connectivity index (χ0n) is 31.1. The normalized spacial score (nSPS) is 23.4. The lowest BCUT2D eigenvalue weighted by molar-refractivity contribution is -0.178. The number of morpholine rings is 1. The molecule has 0 saturated carbocycles. The number of hydrogen-bond acceptors (Lipinski definition) is 9. The quantitative estimate of drug-likeness (QED) is 0.110. The summed E-state index contributed by atoms with van der Waals surface area (Å²) in [4.78, 5) is 52.0. The minimum absolute atomic E-state index is 0.0260. The number of aromatic nitrogens is 1. The number of fused-ring (bicyclic) bond motifs is 3. The topological polar surface area (TPSA) is 150 Å². The van der Waals surface area contributed by atoms with E-state index in [1.807, 2.05) is 102 Å². The molecule has 11 nitrogen and oxygen atoms in total. The van der Waals surface area contributed by atoms with Gasteiger partial charge in [-0.15, -0.1) is 0 Å². The number of carbonyl (C=O) groups is 3. The molecule has 4 aromatic carbocycles. The predicted octanol–water partition coefficient (Wildman–Crippen LogP) is 4.82. The Balaban J connectivity index is 1.40. The van der Waals surface area contributed by atoms with Crippen molar-refractivity contribution in [2.45, 2.75) is 42.5 Å². The molecule has 8 rings (SSSR count). The van der Waals surface area contributed by atoms with Crippen molar-refractivity contribution >= 4 is 23.5 Å². The van der Waals surface area contributed by atoms with Gasteiger partial charge in [0, 0.05) is 48.1 Å². The summed E-state index contributed by atoms with van der Waals surface area (Å²) < 4.78 is 12.7. The highest BCUT2D eigenvalue weighted by molar-refractivity contribution is 6.12. The van der Waals surface area contributed by atoms with E-state index in [1.165, 1.54) is 0 Å². The number of nitrogens with zero attached hydrogens (tertiary/aromatic N) is 2. The van der Waals surface area contributed by atoms with Crippen LogP contribution in [0.15, 0.2) is 128 Å². The number of benzene rings is 4. The number of hydrogen-bond donors (Lipinski definition) is 4. The van der Waals surface area contributed by atoms with E-state index < -0.39 is 53.3 Å². The fourth-order valence-electron chi connectivity index (χ4n) is 8.83. The number of aliphatic hydroxyl groups excluding tert-OH is 2. The van der Waals surface area contributed by atoms with Crippen LogP contribution in [0.4, 0.5) is 5.69 Å². The first kappa shape index (κ1) is 37.6. The maximum Gasteiger partial charge on any atom is 0.324 e. The highest BCUT2D eigenvalue weighted by Crippen LogP contribution is 2.65. The second-order valence-electron chi connectivity index (χ2n) is 14.2. The van der Waals surface area contributed by atoms with E-state index in [2.05, 4.69) is 27.5 Å². The molecule has 0 radical (unpaired) electrons. The maximum atomic E-state index is 15.4. The van der Waals surface area contributed by atoms with Crippen LogP contribution in [0.3, 0.4) is 0 Å². The number of rotatable bonds is 11. The third-order valence-electron chi connectivity index (χ3n) is 11.0. The van der Waals surface area contributed by atoms with E-state index in [9.17, 15) is 15.0 Å². The number of ether oxygens (including phenoxy) is 2. The summed E-state index contributed by atoms with van der Waals surface area (Å²) in [5.74, 6) is 3.56. The summed E-state index contributed by atoms with van der Waals surface area (Å²) in [6.45, 7) is -0.202. The molecule has 4 N–H and O–H groups in total. The summed E-state index contributed by atoms with van der Waals surface area (Å²) in [7, 11) is 0. The van der Waals surface area contributed by atoms with Gasteiger partial charge >= 0.3 is 5.97 Å². The SMILES string of the molecule is O=C1O[C@H](c2ccccc2)[C@H](c2ccccc2)N2[C@H]1[C@@H](C(=O)NCCc1ccccn1)[C@]1(C(=O)Nc3ccc(C#CCCO)cc31)[C@H]2c1ccccc1OCCO. The van der Waals surface area contributed by atoms with E-state index in [0.717, 1.165) is 16.8 Å². The summed E-state index contributed by atoms with van der Waals surface area (Å²) in [5.41, 5.74) is 2.72. The maximum absolute atomic E-state index is 15.4. The molecule has 57 heavy (non-hydrogen) atoms. The van der Waals surface area contributed by atoms with Crippen LogP contribution < -0.4 is 15.4 Å². The number of nitrogens with one attached hydrogen (secondary N) is 2. The smallest absolute Gasteiger partial charge is 0.324 e. The third-order valence-corrected chi connectivity index (χ3v) is 11.0. The van der Waals surface area contributed by atoms with E-state index in [4.69, 9.17) is 9.47 Å². The van der Waals surface area contributed by atoms with Crippen molar-refractivity contribution in [2.75, 3.05) is 31.7 Å². The Morgan fingerprint density at radius 1 is 0.877 bits per heavy atom. The van der Waals surface area contributed by atoms with Gasteiger partial charge in [-0.05, 0) is 53.1 Å². The largest absolute Gasteiger partial charge is 0.491 e. The summed E-state index contributed by atoms with van der Waals surface area (Å²) in [5, 5.41) is 25.5. The van der Waals surface area contributed by atoms with Crippen molar-refractivity contribution in [1.82, 2.24) is 15.2 Å². The number of amides is 2. The van der Waals surface area contributed by atoms with E-state index >= 15 is 9.59 Å². The summed E-state index contributed by atoms with van der Waals surface area (Å²) in [6.07, 6.45) is 1.53. The molecule has 1 aromatic heterocycles. The first-order valence-electron chi connectivity index (χ1n) is 19.1. The van der Waals surface area contributed by atoms with Crippen LogP contribution in [0, 0.1) is 17.8 Å². The molecule has 1 spiro atoms. The number of cyclic esters (lactones) is 1. The van der Waals surface area contributed by atoms with Crippen molar-refractivity contribution in [3.8, 4) is 17.6 Å². The van der Waals surface area contributed by atoms with E-state index in [-0.39, 0.29) is 32.8 Å². The summed E-state index contributed by atoms with van der Waals surface area (Å²) >= 11 is 0. The Labute approximate surface area is 330 Å². The molecule has 0 bridgehead atoms. The van der Waals surface area contributed by atoms with Gasteiger partial charge in [-0.25, -0.2) is 0 Å². The van der Waals surface area contributed by atoms with Crippen molar-refractivity contribution in [3.63, 3.8) is 0 Å². The van der Waals surface area contributed by atoms with Gasteiger partial charge in [0.05, 0.1) is 31.2 Å². The van der Waals surface area contributed by atoms with E-state index in [0.29, 0.717) is 34.5 Å². The van der Waals surface area contributed by atoms with Crippen molar-refractivity contribution in [1.29, 1.82) is 0 Å². The van der Waals surface area contributed by atoms with Gasteiger partial charge < -0.3 is 30.3 Å². The molecule has 5 aromatic rings. The van der Waals surface area contributed by atoms with Gasteiger partial charge in [-0.2, -0.15) is 0 Å². The fourth-order valence-corrected chi connectivity index (χ4v) is 8.83. The zero-order chi connectivity index (χ0) is 39.4. The molecule has 0 aliphatic carbocycles. The number of aliphatic hydroxyl groups is 2. The highest BCUT2D eigenvalue weighted by atomic mass is 16.6. The van der Waals surface area contributed by atoms with Crippen LogP contribution in [-0.2, 0) is 31.0 Å². The highest BCUT2D eigenvalue weighted by Gasteiger charge is 2.74. The Morgan fingerprint density at radius 3 is 2.35 bits per heavy atom. The van der Waals surface area contributed by atoms with Crippen molar-refractivity contribution in [2.24, 2.45) is 5.92 Å². The average Bonchev–Trinajstić information content (AvgIpc) is 3.72. The Kier molecular flexibility index (Phi) is 10.8. The lowest BCUT2D eigenvalue weighted by atomic mass is 9.65. The molecule has 11 heteroatoms. The molecule has 2 fully saturated rings. The van der Waals surface area contributed by atoms with Gasteiger partial charge in [0.15, 0.2) is 0 Å². The number of para-hydroxylation sites is 1. The van der Waals surface area contributed by atoms with Crippen LogP contribution in [-0.4, -0.2) is 70.3 Å². The first-order chi connectivity index (χ1) is 28.0. The Hall–Kier alpha value is -6.32. The van der Waals surface area contributed by atoms with Crippen LogP contribution >= 0.6 is 0 Å². The average molecular weight is 763 g/mol. The molecule has 3 aliphatic heterocycles. The lowest BCUT2D eigenvalue weighted by Gasteiger charge is -2.46. The molecule has 2 amide bonds. The van der Waals surface area contributed by atoms with Gasteiger partial charge in [-0.3, -0.25) is 24.3 Å². The summed E-state index contributed by atoms with van der Waals surface area (Å²) in [6, 6.07) is 34.4. The van der Waals surface area contributed by atoms with Crippen LogP contribution in [0.25, 0.3) is 0 Å². The van der Waals surface area contributed by atoms with Gasteiger partial charge in [-0.1, -0.05) is 96.8 Å². The molecule has 2 saturated heterocycles.